The molecule has 0 saturated carbocycles. The van der Waals surface area contributed by atoms with Crippen molar-refractivity contribution in [2.24, 2.45) is 5.73 Å². The summed E-state index contributed by atoms with van der Waals surface area (Å²) >= 11 is 0. The fourth-order valence-electron chi connectivity index (χ4n) is 1.08. The molecule has 0 atom stereocenters. The first kappa shape index (κ1) is 13.0. The van der Waals surface area contributed by atoms with Crippen LogP contribution in [0.3, 0.4) is 0 Å². The molecule has 0 amide bonds. The topological polar surface area (TPSA) is 111 Å². The Kier molecular flexibility index (Phi) is 3.42. The number of anilines is 1. The SMILES string of the molecule is NCc1cc(OC(F)(F)F)nc(C(=O)O)c1N. The number of pyridine rings is 1. The van der Waals surface area contributed by atoms with E-state index in [9.17, 15) is 18.0 Å². The highest BCUT2D eigenvalue weighted by Gasteiger charge is 2.32. The zero-order chi connectivity index (χ0) is 13.2. The fraction of sp³-hybridized carbons (Fsp3) is 0.250. The van der Waals surface area contributed by atoms with E-state index < -0.39 is 23.9 Å². The number of hydrogen-bond donors (Lipinski definition) is 3. The molecule has 0 saturated heterocycles. The molecule has 0 aromatic carbocycles. The van der Waals surface area contributed by atoms with Crippen LogP contribution in [-0.2, 0) is 6.54 Å². The third-order valence-corrected chi connectivity index (χ3v) is 1.76. The third-order valence-electron chi connectivity index (χ3n) is 1.76. The number of carbonyl (C=O) groups is 1. The number of carboxylic acids is 1. The van der Waals surface area contributed by atoms with Crippen LogP contribution in [0.2, 0.25) is 0 Å². The molecule has 9 heteroatoms. The molecular weight excluding hydrogens is 243 g/mol. The Balaban J connectivity index is 3.25. The summed E-state index contributed by atoms with van der Waals surface area (Å²) in [7, 11) is 0. The number of rotatable bonds is 3. The molecule has 5 N–H and O–H groups in total. The smallest absolute Gasteiger partial charge is 0.476 e. The van der Waals surface area contributed by atoms with Crippen molar-refractivity contribution in [2.45, 2.75) is 12.9 Å². The van der Waals surface area contributed by atoms with Gasteiger partial charge in [0.05, 0.1) is 5.69 Å². The van der Waals surface area contributed by atoms with Crippen molar-refractivity contribution in [1.82, 2.24) is 4.98 Å². The summed E-state index contributed by atoms with van der Waals surface area (Å²) in [5.74, 6) is -2.48. The van der Waals surface area contributed by atoms with Crippen LogP contribution in [0.5, 0.6) is 5.88 Å². The van der Waals surface area contributed by atoms with Gasteiger partial charge in [-0.25, -0.2) is 9.78 Å². The third kappa shape index (κ3) is 3.21. The van der Waals surface area contributed by atoms with Gasteiger partial charge in [0.15, 0.2) is 5.69 Å². The predicted octanol–water partition coefficient (Wildman–Crippen LogP) is 0.719. The van der Waals surface area contributed by atoms with Crippen LogP contribution in [0.15, 0.2) is 6.07 Å². The van der Waals surface area contributed by atoms with Crippen molar-refractivity contribution in [1.29, 1.82) is 0 Å². The van der Waals surface area contributed by atoms with Crippen LogP contribution in [0, 0.1) is 0 Å². The minimum atomic E-state index is -4.97. The number of carboxylic acid groups (broad SMARTS) is 1. The fourth-order valence-corrected chi connectivity index (χ4v) is 1.08. The molecule has 0 fully saturated rings. The van der Waals surface area contributed by atoms with Gasteiger partial charge in [-0.15, -0.1) is 13.2 Å². The van der Waals surface area contributed by atoms with Crippen LogP contribution < -0.4 is 16.2 Å². The highest BCUT2D eigenvalue weighted by atomic mass is 19.4. The summed E-state index contributed by atoms with van der Waals surface area (Å²) in [4.78, 5) is 13.8. The number of nitrogens with zero attached hydrogens (tertiary/aromatic N) is 1. The summed E-state index contributed by atoms with van der Waals surface area (Å²) in [6.07, 6.45) is -4.97. The van der Waals surface area contributed by atoms with Gasteiger partial charge in [0.25, 0.3) is 0 Å². The minimum Gasteiger partial charge on any atom is -0.476 e. The summed E-state index contributed by atoms with van der Waals surface area (Å²) in [5, 5.41) is 8.69. The molecule has 0 aliphatic heterocycles. The predicted molar refractivity (Wildman–Crippen MR) is 50.2 cm³/mol. The molecule has 1 rings (SSSR count). The molecule has 0 aliphatic rings. The van der Waals surface area contributed by atoms with Crippen molar-refractivity contribution in [3.8, 4) is 5.88 Å². The molecule has 0 unspecified atom stereocenters. The van der Waals surface area contributed by atoms with E-state index in [1.807, 2.05) is 0 Å². The lowest BCUT2D eigenvalue weighted by molar-refractivity contribution is -0.276. The summed E-state index contributed by atoms with van der Waals surface area (Å²) in [6, 6.07) is 0.843. The van der Waals surface area contributed by atoms with Gasteiger partial charge in [-0.05, 0) is 5.56 Å². The second kappa shape index (κ2) is 4.45. The van der Waals surface area contributed by atoms with Crippen LogP contribution in [0.1, 0.15) is 16.1 Å². The lowest BCUT2D eigenvalue weighted by Crippen LogP contribution is -2.20. The Labute approximate surface area is 93.0 Å². The molecule has 1 heterocycles. The molecule has 1 aromatic rings. The zero-order valence-electron chi connectivity index (χ0n) is 8.28. The zero-order valence-corrected chi connectivity index (χ0v) is 8.28. The average molecular weight is 251 g/mol. The largest absolute Gasteiger partial charge is 0.574 e. The first-order valence-corrected chi connectivity index (χ1v) is 4.23. The van der Waals surface area contributed by atoms with E-state index in [-0.39, 0.29) is 17.8 Å². The lowest BCUT2D eigenvalue weighted by Gasteiger charge is -2.11. The van der Waals surface area contributed by atoms with Gasteiger partial charge in [0, 0.05) is 12.6 Å². The van der Waals surface area contributed by atoms with Crippen LogP contribution in [0.4, 0.5) is 18.9 Å². The van der Waals surface area contributed by atoms with E-state index in [1.54, 1.807) is 0 Å². The Bertz CT molecular complexity index is 448. The molecule has 17 heavy (non-hydrogen) atoms. The summed E-state index contributed by atoms with van der Waals surface area (Å²) in [6.45, 7) is -0.233. The first-order chi connectivity index (χ1) is 7.74. The maximum Gasteiger partial charge on any atom is 0.574 e. The van der Waals surface area contributed by atoms with Crippen molar-refractivity contribution < 1.29 is 27.8 Å². The number of nitrogens with two attached hydrogens (primary N) is 2. The monoisotopic (exact) mass is 251 g/mol. The van der Waals surface area contributed by atoms with Gasteiger partial charge >= 0.3 is 12.3 Å². The van der Waals surface area contributed by atoms with Gasteiger partial charge < -0.3 is 21.3 Å². The quantitative estimate of drug-likeness (QED) is 0.729. The maximum atomic E-state index is 11.9. The van der Waals surface area contributed by atoms with E-state index in [0.29, 0.717) is 0 Å². The maximum absolute atomic E-state index is 11.9. The molecular formula is C8H8F3N3O3. The summed E-state index contributed by atoms with van der Waals surface area (Å²) in [5.41, 5.74) is 9.58. The van der Waals surface area contributed by atoms with E-state index in [1.165, 1.54) is 0 Å². The minimum absolute atomic E-state index is 0.0108. The Morgan fingerprint density at radius 1 is 1.53 bits per heavy atom. The van der Waals surface area contributed by atoms with Gasteiger partial charge in [-0.2, -0.15) is 0 Å². The molecule has 1 aromatic heterocycles. The Hall–Kier alpha value is -2.03. The summed E-state index contributed by atoms with van der Waals surface area (Å²) < 4.78 is 39.3. The molecule has 6 nitrogen and oxygen atoms in total. The molecule has 0 radical (unpaired) electrons. The standard InChI is InChI=1S/C8H8F3N3O3/c9-8(10,11)17-4-1-3(2-12)5(13)6(14-4)7(15)16/h1H,2,12-13H2,(H,15,16). The van der Waals surface area contributed by atoms with Gasteiger partial charge in [-0.1, -0.05) is 0 Å². The van der Waals surface area contributed by atoms with Crippen LogP contribution >= 0.6 is 0 Å². The van der Waals surface area contributed by atoms with Gasteiger partial charge in [0.1, 0.15) is 0 Å². The number of ether oxygens (including phenoxy) is 1. The first-order valence-electron chi connectivity index (χ1n) is 4.23. The van der Waals surface area contributed by atoms with Crippen molar-refractivity contribution in [3.05, 3.63) is 17.3 Å². The molecule has 0 bridgehead atoms. The van der Waals surface area contributed by atoms with E-state index in [4.69, 9.17) is 16.6 Å². The number of alkyl halides is 3. The number of hydrogen-bond acceptors (Lipinski definition) is 5. The van der Waals surface area contributed by atoms with Crippen molar-refractivity contribution >= 4 is 11.7 Å². The Morgan fingerprint density at radius 2 is 2.12 bits per heavy atom. The van der Waals surface area contributed by atoms with Gasteiger partial charge in [0.2, 0.25) is 5.88 Å². The average Bonchev–Trinajstić information content (AvgIpc) is 2.17. The number of aromatic carboxylic acids is 1. The Morgan fingerprint density at radius 3 is 2.53 bits per heavy atom. The number of nitrogen functional groups attached to an aromatic ring is 1. The second-order valence-electron chi connectivity index (χ2n) is 2.94. The van der Waals surface area contributed by atoms with Crippen LogP contribution in [0.25, 0.3) is 0 Å². The molecule has 0 aliphatic carbocycles. The highest BCUT2D eigenvalue weighted by molar-refractivity contribution is 5.92. The lowest BCUT2D eigenvalue weighted by atomic mass is 10.1. The van der Waals surface area contributed by atoms with E-state index in [0.717, 1.165) is 6.07 Å². The van der Waals surface area contributed by atoms with Crippen molar-refractivity contribution in [2.75, 3.05) is 5.73 Å². The normalized spacial score (nSPS) is 11.3. The van der Waals surface area contributed by atoms with E-state index >= 15 is 0 Å². The van der Waals surface area contributed by atoms with Crippen molar-refractivity contribution in [3.63, 3.8) is 0 Å². The van der Waals surface area contributed by atoms with Gasteiger partial charge in [-0.3, -0.25) is 0 Å². The highest BCUT2D eigenvalue weighted by Crippen LogP contribution is 2.26. The van der Waals surface area contributed by atoms with E-state index in [2.05, 4.69) is 9.72 Å². The number of halogens is 3. The number of aromatic nitrogens is 1. The molecule has 0 spiro atoms. The second-order valence-corrected chi connectivity index (χ2v) is 2.94. The molecule has 94 valence electrons. The van der Waals surface area contributed by atoms with Crippen LogP contribution in [-0.4, -0.2) is 22.4 Å².